The second-order valence-electron chi connectivity index (χ2n) is 16.1. The number of esters is 3. The van der Waals surface area contributed by atoms with Gasteiger partial charge in [0.05, 0.1) is 36.9 Å². The Hall–Kier alpha value is -2.80. The molecule has 0 aromatic rings. The molecule has 57 heavy (non-hydrogen) atoms. The van der Waals surface area contributed by atoms with Crippen LogP contribution in [0.25, 0.3) is 0 Å². The van der Waals surface area contributed by atoms with Crippen molar-refractivity contribution >= 4 is 24.2 Å². The number of likely N-dealkylation sites (N-methyl/N-ethyl adjacent to an activating group) is 1. The van der Waals surface area contributed by atoms with Crippen molar-refractivity contribution in [3.8, 4) is 0 Å². The number of carbonyl (C=O) groups excluding carboxylic acids is 4. The molecule has 16 atom stereocenters. The molecular formula is C41H67NO15. The van der Waals surface area contributed by atoms with E-state index in [0.29, 0.717) is 19.1 Å². The normalized spacial score (nSPS) is 40.0. The molecule has 3 aliphatic heterocycles. The van der Waals surface area contributed by atoms with E-state index in [9.17, 15) is 34.5 Å². The number of aliphatic hydroxyl groups excluding tert-OH is 2. The average molecular weight is 814 g/mol. The highest BCUT2D eigenvalue weighted by molar-refractivity contribution is 5.72. The highest BCUT2D eigenvalue weighted by Crippen LogP contribution is 2.37. The van der Waals surface area contributed by atoms with Gasteiger partial charge in [-0.05, 0) is 66.5 Å². The number of methoxy groups -OCH3 is 1. The molecule has 0 saturated carbocycles. The lowest BCUT2D eigenvalue weighted by Crippen LogP contribution is -2.66. The lowest BCUT2D eigenvalue weighted by Gasteiger charge is -2.50. The summed E-state index contributed by atoms with van der Waals surface area (Å²) in [7, 11) is 4.85. The highest BCUT2D eigenvalue weighted by atomic mass is 16.7. The first-order valence-electron chi connectivity index (χ1n) is 20.1. The molecule has 326 valence electrons. The van der Waals surface area contributed by atoms with Gasteiger partial charge in [-0.2, -0.15) is 0 Å². The maximum absolute atomic E-state index is 13.2. The fourth-order valence-corrected chi connectivity index (χ4v) is 7.96. The topological polar surface area (TPSA) is 206 Å². The van der Waals surface area contributed by atoms with Crippen molar-refractivity contribution in [2.45, 2.75) is 179 Å². The number of nitrogens with zero attached hydrogens (tertiary/aromatic N) is 1. The van der Waals surface area contributed by atoms with Gasteiger partial charge in [0.25, 0.3) is 0 Å². The molecular weight excluding hydrogens is 746 g/mol. The molecule has 16 heteroatoms. The van der Waals surface area contributed by atoms with Crippen LogP contribution in [0.1, 0.15) is 93.4 Å². The molecule has 3 heterocycles. The van der Waals surface area contributed by atoms with Gasteiger partial charge in [0.2, 0.25) is 0 Å². The van der Waals surface area contributed by atoms with Gasteiger partial charge in [-0.15, -0.1) is 0 Å². The van der Waals surface area contributed by atoms with Crippen molar-refractivity contribution in [3.05, 3.63) is 24.3 Å². The van der Waals surface area contributed by atoms with Gasteiger partial charge >= 0.3 is 17.9 Å². The molecule has 0 aromatic carbocycles. The van der Waals surface area contributed by atoms with Crippen LogP contribution in [0.3, 0.4) is 0 Å². The van der Waals surface area contributed by atoms with Crippen LogP contribution in [0.15, 0.2) is 24.3 Å². The predicted octanol–water partition coefficient (Wildman–Crippen LogP) is 2.77. The van der Waals surface area contributed by atoms with Crippen LogP contribution in [0.5, 0.6) is 0 Å². The minimum absolute atomic E-state index is 0.0416. The first kappa shape index (κ1) is 48.6. The Kier molecular flexibility index (Phi) is 19.2. The second kappa shape index (κ2) is 22.5. The number of hydrogen-bond donors (Lipinski definition) is 3. The quantitative estimate of drug-likeness (QED) is 0.147. The van der Waals surface area contributed by atoms with Crippen molar-refractivity contribution in [1.82, 2.24) is 4.90 Å². The van der Waals surface area contributed by atoms with Gasteiger partial charge in [-0.1, -0.05) is 38.2 Å². The maximum atomic E-state index is 13.2. The third-order valence-corrected chi connectivity index (χ3v) is 10.8. The van der Waals surface area contributed by atoms with Crippen LogP contribution < -0.4 is 0 Å². The minimum Gasteiger partial charge on any atom is -0.462 e. The summed E-state index contributed by atoms with van der Waals surface area (Å²) in [6, 6.07) is -0.779. The maximum Gasteiger partial charge on any atom is 0.309 e. The van der Waals surface area contributed by atoms with Gasteiger partial charge in [-0.3, -0.25) is 14.4 Å². The Morgan fingerprint density at radius 3 is 2.32 bits per heavy atom. The summed E-state index contributed by atoms with van der Waals surface area (Å²) in [5.41, 5.74) is -1.49. The third-order valence-electron chi connectivity index (χ3n) is 10.8. The average Bonchev–Trinajstić information content (AvgIpc) is 3.10. The van der Waals surface area contributed by atoms with E-state index in [4.69, 9.17) is 37.9 Å². The van der Waals surface area contributed by atoms with E-state index in [1.165, 1.54) is 14.0 Å². The second-order valence-corrected chi connectivity index (χ2v) is 16.1. The summed E-state index contributed by atoms with van der Waals surface area (Å²) >= 11 is 0. The molecule has 3 N–H and O–H groups in total. The summed E-state index contributed by atoms with van der Waals surface area (Å²) in [5, 5.41) is 34.5. The zero-order valence-corrected chi connectivity index (χ0v) is 35.2. The van der Waals surface area contributed by atoms with Gasteiger partial charge in [0.1, 0.15) is 42.4 Å². The summed E-state index contributed by atoms with van der Waals surface area (Å²) in [6.45, 7) is 11.6. The van der Waals surface area contributed by atoms with Crippen LogP contribution >= 0.6 is 0 Å². The SMILES string of the molecule is CCCC(=O)O[C@H]1[C@H](C)O[C@@H](O[C@H]2[C@H](N(C)C)[C@@H](O)[C@H](O[C@H]3[C@@H](CC=O)C[C@@H](C)[C@@H](O)C=CC=CC[C@@H](C)OC(=O)C[C@@H](OC(C)=O)[C@@H]3OC)O[C@@H]2C)C[C@@]1(C)O. The Morgan fingerprint density at radius 1 is 1.02 bits per heavy atom. The third kappa shape index (κ3) is 13.9. The fourth-order valence-electron chi connectivity index (χ4n) is 7.96. The summed E-state index contributed by atoms with van der Waals surface area (Å²) in [6.07, 6.45) is -3.45. The molecule has 0 radical (unpaired) electrons. The largest absolute Gasteiger partial charge is 0.462 e. The number of aldehydes is 1. The fraction of sp³-hybridized carbons (Fsp3) is 0.805. The number of cyclic esters (lactones) is 1. The lowest BCUT2D eigenvalue weighted by molar-refractivity contribution is -0.344. The van der Waals surface area contributed by atoms with Gasteiger partial charge in [0, 0.05) is 39.7 Å². The number of ether oxygens (including phenoxy) is 8. The lowest BCUT2D eigenvalue weighted by atomic mass is 9.82. The molecule has 0 spiro atoms. The smallest absolute Gasteiger partial charge is 0.309 e. The first-order chi connectivity index (χ1) is 26.8. The molecule has 0 bridgehead atoms. The van der Waals surface area contributed by atoms with Crippen molar-refractivity contribution in [3.63, 3.8) is 0 Å². The Bertz CT molecular complexity index is 1350. The summed E-state index contributed by atoms with van der Waals surface area (Å²) in [5.74, 6) is -2.88. The van der Waals surface area contributed by atoms with E-state index in [1.54, 1.807) is 71.0 Å². The van der Waals surface area contributed by atoms with E-state index < -0.39 is 121 Å². The molecule has 0 aromatic heterocycles. The molecule has 16 nitrogen and oxygen atoms in total. The van der Waals surface area contributed by atoms with Crippen molar-refractivity contribution in [2.75, 3.05) is 21.2 Å². The summed E-state index contributed by atoms with van der Waals surface area (Å²) in [4.78, 5) is 52.0. The first-order valence-corrected chi connectivity index (χ1v) is 20.1. The molecule has 0 unspecified atom stereocenters. The number of aliphatic hydroxyl groups is 3. The zero-order valence-electron chi connectivity index (χ0n) is 35.2. The van der Waals surface area contributed by atoms with E-state index in [-0.39, 0.29) is 25.7 Å². The van der Waals surface area contributed by atoms with Gasteiger partial charge in [-0.25, -0.2) is 0 Å². The van der Waals surface area contributed by atoms with Crippen molar-refractivity contribution in [2.24, 2.45) is 11.8 Å². The van der Waals surface area contributed by atoms with E-state index in [0.717, 1.165) is 0 Å². The zero-order chi connectivity index (χ0) is 42.6. The van der Waals surface area contributed by atoms with Crippen LogP contribution in [-0.2, 0) is 57.1 Å². The Labute approximate surface area is 337 Å². The van der Waals surface area contributed by atoms with Crippen molar-refractivity contribution in [1.29, 1.82) is 0 Å². The standard InChI is InChI=1S/C41H67NO15/c1-11-15-31(46)55-39-26(5)52-33(22-41(39,7)49)56-36-25(4)53-40(35(48)34(36)42(8)9)57-37-28(18-19-43)20-23(2)29(45)17-14-12-13-16-24(3)51-32(47)21-30(38(37)50-10)54-27(6)44/h12-14,17,19,23-26,28-30,33-40,45,48-49H,11,15-16,18,20-22H2,1-10H3/t23-,24-,25-,26+,28+,29+,30-,33+,34-,35-,36-,37+,38+,39+,40+,41-/m1/s1. The molecule has 0 amide bonds. The van der Waals surface area contributed by atoms with E-state index >= 15 is 0 Å². The van der Waals surface area contributed by atoms with Crippen LogP contribution in [0.4, 0.5) is 0 Å². The highest BCUT2D eigenvalue weighted by Gasteiger charge is 2.53. The monoisotopic (exact) mass is 813 g/mol. The minimum atomic E-state index is -1.49. The molecule has 2 saturated heterocycles. The van der Waals surface area contributed by atoms with Gasteiger partial charge < -0.3 is 62.9 Å². The van der Waals surface area contributed by atoms with E-state index in [1.807, 2.05) is 13.8 Å². The molecule has 3 aliphatic rings. The van der Waals surface area contributed by atoms with E-state index in [2.05, 4.69) is 0 Å². The van der Waals surface area contributed by atoms with Crippen LogP contribution in [-0.4, -0.2) is 151 Å². The number of allylic oxidation sites excluding steroid dienone is 2. The number of rotatable bonds is 12. The number of hydrogen-bond acceptors (Lipinski definition) is 16. The molecule has 2 fully saturated rings. The number of carbonyl (C=O) groups is 4. The van der Waals surface area contributed by atoms with Gasteiger partial charge in [0.15, 0.2) is 18.7 Å². The van der Waals surface area contributed by atoms with Crippen LogP contribution in [0.2, 0.25) is 0 Å². The van der Waals surface area contributed by atoms with Crippen LogP contribution in [0, 0.1) is 11.8 Å². The summed E-state index contributed by atoms with van der Waals surface area (Å²) < 4.78 is 48.4. The predicted molar refractivity (Wildman–Crippen MR) is 205 cm³/mol. The Balaban J connectivity index is 1.99. The molecule has 3 rings (SSSR count). The Morgan fingerprint density at radius 2 is 1.72 bits per heavy atom. The molecule has 0 aliphatic carbocycles. The van der Waals surface area contributed by atoms with Crippen molar-refractivity contribution < 1.29 is 72.4 Å².